The van der Waals surface area contributed by atoms with Gasteiger partial charge in [0.05, 0.1) is 6.61 Å². The van der Waals surface area contributed by atoms with Crippen LogP contribution in [0.25, 0.3) is 0 Å². The maximum Gasteiger partial charge on any atom is 0.194 e. The molecule has 4 heteroatoms. The lowest BCUT2D eigenvalue weighted by molar-refractivity contribution is -0.192. The van der Waals surface area contributed by atoms with Crippen LogP contribution in [0.2, 0.25) is 0 Å². The summed E-state index contributed by atoms with van der Waals surface area (Å²) in [4.78, 5) is 11.8. The number of ether oxygens (including phenoxy) is 1. The normalized spacial score (nSPS) is 29.4. The number of aliphatic hydroxyl groups excluding tert-OH is 2. The Morgan fingerprint density at radius 2 is 2.00 bits per heavy atom. The van der Waals surface area contributed by atoms with Crippen molar-refractivity contribution in [3.63, 3.8) is 0 Å². The van der Waals surface area contributed by atoms with E-state index in [1.54, 1.807) is 30.3 Å². The SMILES string of the molecule is O=C1C=CC(O)OC1(CO)c1ccccc1. The number of rotatable bonds is 2. The number of benzene rings is 1. The Bertz CT molecular complexity index is 412. The van der Waals surface area contributed by atoms with E-state index in [2.05, 4.69) is 0 Å². The Balaban J connectivity index is 2.47. The van der Waals surface area contributed by atoms with Crippen molar-refractivity contribution in [2.45, 2.75) is 11.9 Å². The summed E-state index contributed by atoms with van der Waals surface area (Å²) in [6.07, 6.45) is 1.31. The van der Waals surface area contributed by atoms with Gasteiger partial charge in [-0.1, -0.05) is 30.3 Å². The first-order valence-electron chi connectivity index (χ1n) is 4.94. The maximum absolute atomic E-state index is 11.8. The van der Waals surface area contributed by atoms with E-state index in [4.69, 9.17) is 4.74 Å². The second-order valence-electron chi connectivity index (χ2n) is 3.58. The van der Waals surface area contributed by atoms with Gasteiger partial charge in [-0.05, 0) is 17.7 Å². The predicted octanol–water partition coefficient (Wildman–Crippen LogP) is 0.348. The molecule has 84 valence electrons. The monoisotopic (exact) mass is 220 g/mol. The molecule has 2 N–H and O–H groups in total. The molecule has 0 fully saturated rings. The molecule has 0 bridgehead atoms. The highest BCUT2D eigenvalue weighted by atomic mass is 16.6. The van der Waals surface area contributed by atoms with Gasteiger partial charge in [-0.15, -0.1) is 0 Å². The van der Waals surface area contributed by atoms with E-state index < -0.39 is 18.5 Å². The van der Waals surface area contributed by atoms with Crippen LogP contribution in [0.1, 0.15) is 5.56 Å². The summed E-state index contributed by atoms with van der Waals surface area (Å²) in [5.74, 6) is -0.369. The fourth-order valence-corrected chi connectivity index (χ4v) is 1.73. The lowest BCUT2D eigenvalue weighted by Gasteiger charge is -2.34. The molecule has 2 atom stereocenters. The molecule has 0 aromatic heterocycles. The average molecular weight is 220 g/mol. The van der Waals surface area contributed by atoms with Crippen LogP contribution >= 0.6 is 0 Å². The number of carbonyl (C=O) groups excluding carboxylic acids is 1. The Labute approximate surface area is 92.8 Å². The molecule has 0 saturated carbocycles. The first kappa shape index (κ1) is 11.0. The number of aliphatic hydroxyl groups is 2. The number of hydrogen-bond acceptors (Lipinski definition) is 4. The van der Waals surface area contributed by atoms with Crippen molar-refractivity contribution < 1.29 is 19.7 Å². The summed E-state index contributed by atoms with van der Waals surface area (Å²) in [5, 5.41) is 18.8. The van der Waals surface area contributed by atoms with Crippen LogP contribution in [0.15, 0.2) is 42.5 Å². The average Bonchev–Trinajstić information content (AvgIpc) is 2.33. The molecule has 0 spiro atoms. The van der Waals surface area contributed by atoms with Crippen LogP contribution in [-0.4, -0.2) is 28.9 Å². The smallest absolute Gasteiger partial charge is 0.194 e. The van der Waals surface area contributed by atoms with E-state index in [0.29, 0.717) is 5.56 Å². The highest BCUT2D eigenvalue weighted by molar-refractivity contribution is 5.98. The second kappa shape index (κ2) is 4.17. The molecule has 2 rings (SSSR count). The van der Waals surface area contributed by atoms with E-state index in [0.717, 1.165) is 0 Å². The molecule has 1 aliphatic heterocycles. The Morgan fingerprint density at radius 1 is 1.31 bits per heavy atom. The minimum atomic E-state index is -1.48. The molecule has 0 amide bonds. The van der Waals surface area contributed by atoms with Crippen molar-refractivity contribution >= 4 is 5.78 Å². The van der Waals surface area contributed by atoms with Crippen molar-refractivity contribution in [1.29, 1.82) is 0 Å². The van der Waals surface area contributed by atoms with E-state index in [-0.39, 0.29) is 5.78 Å². The lowest BCUT2D eigenvalue weighted by Crippen LogP contribution is -2.46. The van der Waals surface area contributed by atoms with Crippen molar-refractivity contribution in [2.24, 2.45) is 0 Å². The molecule has 1 aliphatic rings. The zero-order chi connectivity index (χ0) is 11.6. The zero-order valence-corrected chi connectivity index (χ0v) is 8.54. The van der Waals surface area contributed by atoms with E-state index in [1.807, 2.05) is 0 Å². The second-order valence-corrected chi connectivity index (χ2v) is 3.58. The van der Waals surface area contributed by atoms with Gasteiger partial charge in [-0.25, -0.2) is 0 Å². The van der Waals surface area contributed by atoms with Gasteiger partial charge in [0.15, 0.2) is 17.7 Å². The van der Waals surface area contributed by atoms with Gasteiger partial charge in [0.25, 0.3) is 0 Å². The molecule has 2 unspecified atom stereocenters. The summed E-state index contributed by atoms with van der Waals surface area (Å²) < 4.78 is 5.19. The quantitative estimate of drug-likeness (QED) is 0.754. The molecule has 4 nitrogen and oxygen atoms in total. The van der Waals surface area contributed by atoms with Crippen molar-refractivity contribution in [2.75, 3.05) is 6.61 Å². The summed E-state index contributed by atoms with van der Waals surface area (Å²) in [6, 6.07) is 8.65. The van der Waals surface area contributed by atoms with Gasteiger partial charge in [0.2, 0.25) is 0 Å². The van der Waals surface area contributed by atoms with Gasteiger partial charge in [-0.3, -0.25) is 4.79 Å². The summed E-state index contributed by atoms with van der Waals surface area (Å²) in [7, 11) is 0. The number of ketones is 1. The molecule has 1 aromatic carbocycles. The third kappa shape index (κ3) is 1.67. The third-order valence-electron chi connectivity index (χ3n) is 2.59. The molecular weight excluding hydrogens is 208 g/mol. The zero-order valence-electron chi connectivity index (χ0n) is 8.54. The first-order valence-corrected chi connectivity index (χ1v) is 4.94. The van der Waals surface area contributed by atoms with Crippen LogP contribution in [0.4, 0.5) is 0 Å². The molecule has 1 aromatic rings. The molecule has 1 heterocycles. The van der Waals surface area contributed by atoms with E-state index in [9.17, 15) is 15.0 Å². The van der Waals surface area contributed by atoms with Gasteiger partial charge in [0, 0.05) is 0 Å². The van der Waals surface area contributed by atoms with Crippen LogP contribution in [0.5, 0.6) is 0 Å². The minimum absolute atomic E-state index is 0.369. The summed E-state index contributed by atoms with van der Waals surface area (Å²) in [6.45, 7) is -0.503. The highest BCUT2D eigenvalue weighted by Gasteiger charge is 2.43. The lowest BCUT2D eigenvalue weighted by atomic mass is 9.88. The third-order valence-corrected chi connectivity index (χ3v) is 2.59. The topological polar surface area (TPSA) is 66.8 Å². The van der Waals surface area contributed by atoms with Crippen molar-refractivity contribution in [3.8, 4) is 0 Å². The predicted molar refractivity (Wildman–Crippen MR) is 56.4 cm³/mol. The Kier molecular flexibility index (Phi) is 2.87. The molecule has 0 radical (unpaired) electrons. The minimum Gasteiger partial charge on any atom is -0.392 e. The molecular formula is C12H12O4. The number of carbonyl (C=O) groups is 1. The summed E-state index contributed by atoms with van der Waals surface area (Å²) in [5.41, 5.74) is -0.944. The standard InChI is InChI=1S/C12H12O4/c13-8-12(9-4-2-1-3-5-9)10(14)6-7-11(15)16-12/h1-7,11,13,15H,8H2. The fraction of sp³-hybridized carbons (Fsp3) is 0.250. The van der Waals surface area contributed by atoms with E-state index >= 15 is 0 Å². The van der Waals surface area contributed by atoms with Crippen LogP contribution < -0.4 is 0 Å². The van der Waals surface area contributed by atoms with Gasteiger partial charge in [0.1, 0.15) is 0 Å². The van der Waals surface area contributed by atoms with Crippen molar-refractivity contribution in [3.05, 3.63) is 48.0 Å². The Hall–Kier alpha value is -1.49. The van der Waals surface area contributed by atoms with Gasteiger partial charge >= 0.3 is 0 Å². The maximum atomic E-state index is 11.8. The highest BCUT2D eigenvalue weighted by Crippen LogP contribution is 2.31. The Morgan fingerprint density at radius 3 is 2.62 bits per heavy atom. The van der Waals surface area contributed by atoms with Crippen molar-refractivity contribution in [1.82, 2.24) is 0 Å². The number of hydrogen-bond donors (Lipinski definition) is 2. The van der Waals surface area contributed by atoms with Gasteiger partial charge in [-0.2, -0.15) is 0 Å². The van der Waals surface area contributed by atoms with Gasteiger partial charge < -0.3 is 14.9 Å². The van der Waals surface area contributed by atoms with E-state index in [1.165, 1.54) is 12.2 Å². The molecule has 0 saturated heterocycles. The first-order chi connectivity index (χ1) is 7.69. The van der Waals surface area contributed by atoms with Crippen LogP contribution in [-0.2, 0) is 15.1 Å². The fourth-order valence-electron chi connectivity index (χ4n) is 1.73. The largest absolute Gasteiger partial charge is 0.392 e. The molecule has 0 aliphatic carbocycles. The van der Waals surface area contributed by atoms with Crippen LogP contribution in [0.3, 0.4) is 0 Å². The summed E-state index contributed by atoms with van der Waals surface area (Å²) >= 11 is 0. The molecule has 16 heavy (non-hydrogen) atoms. The van der Waals surface area contributed by atoms with Crippen LogP contribution in [0, 0.1) is 0 Å².